The van der Waals surface area contributed by atoms with Crippen molar-refractivity contribution in [2.24, 2.45) is 16.9 Å². The van der Waals surface area contributed by atoms with Gasteiger partial charge in [0.1, 0.15) is 6.61 Å². The van der Waals surface area contributed by atoms with Crippen LogP contribution in [0.1, 0.15) is 20.8 Å². The second-order valence-electron chi connectivity index (χ2n) is 5.01. The van der Waals surface area contributed by atoms with E-state index in [0.29, 0.717) is 13.2 Å². The Bertz CT molecular complexity index is 216. The zero-order valence-corrected chi connectivity index (χ0v) is 11.3. The highest BCUT2D eigenvalue weighted by Crippen LogP contribution is 2.14. The Morgan fingerprint density at radius 2 is 1.50 bits per heavy atom. The number of nitrogens with two attached hydrogens (primary N) is 2. The molecular formula is C11H26N2O5. The molecule has 0 aromatic rings. The van der Waals surface area contributed by atoms with Crippen LogP contribution in [0.5, 0.6) is 0 Å². The van der Waals surface area contributed by atoms with Crippen LogP contribution in [-0.2, 0) is 9.53 Å². The van der Waals surface area contributed by atoms with Crippen molar-refractivity contribution < 1.29 is 24.9 Å². The molecule has 7 heteroatoms. The van der Waals surface area contributed by atoms with Gasteiger partial charge in [-0.1, -0.05) is 0 Å². The van der Waals surface area contributed by atoms with E-state index < -0.39 is 30.8 Å². The number of aliphatic hydroxyl groups is 3. The molecule has 0 saturated carbocycles. The number of ether oxygens (including phenoxy) is 1. The number of hydrogen-bond donors (Lipinski definition) is 5. The lowest BCUT2D eigenvalue weighted by atomic mass is 9.97. The smallest absolute Gasteiger partial charge is 0.311 e. The third-order valence-electron chi connectivity index (χ3n) is 1.91. The van der Waals surface area contributed by atoms with Crippen LogP contribution in [0, 0.1) is 5.41 Å². The minimum atomic E-state index is -1.21. The van der Waals surface area contributed by atoms with Crippen molar-refractivity contribution in [1.29, 1.82) is 0 Å². The van der Waals surface area contributed by atoms with Gasteiger partial charge in [0.15, 0.2) is 0 Å². The molecule has 0 aliphatic rings. The molecule has 0 radical (unpaired) electrons. The summed E-state index contributed by atoms with van der Waals surface area (Å²) in [7, 11) is 0. The third-order valence-corrected chi connectivity index (χ3v) is 1.91. The van der Waals surface area contributed by atoms with E-state index >= 15 is 0 Å². The normalized spacial score (nSPS) is 11.6. The van der Waals surface area contributed by atoms with E-state index in [1.807, 2.05) is 20.8 Å². The molecule has 0 fully saturated rings. The summed E-state index contributed by atoms with van der Waals surface area (Å²) in [5.41, 5.74) is 8.67. The highest BCUT2D eigenvalue weighted by molar-refractivity contribution is 5.75. The maximum absolute atomic E-state index is 10.9. The molecular weight excluding hydrogens is 240 g/mol. The van der Waals surface area contributed by atoms with Gasteiger partial charge in [-0.2, -0.15) is 0 Å². The molecule has 0 amide bonds. The van der Waals surface area contributed by atoms with Gasteiger partial charge in [0.05, 0.1) is 30.8 Å². The van der Waals surface area contributed by atoms with Gasteiger partial charge < -0.3 is 31.5 Å². The fourth-order valence-electron chi connectivity index (χ4n) is 0.518. The largest absolute Gasteiger partial charge is 0.464 e. The maximum Gasteiger partial charge on any atom is 0.311 e. The summed E-state index contributed by atoms with van der Waals surface area (Å²) in [6, 6.07) is 0. The van der Waals surface area contributed by atoms with E-state index in [1.165, 1.54) is 0 Å². The van der Waals surface area contributed by atoms with Crippen LogP contribution in [0.2, 0.25) is 0 Å². The van der Waals surface area contributed by atoms with Crippen molar-refractivity contribution in [2.75, 3.05) is 33.0 Å². The quantitative estimate of drug-likeness (QED) is 0.370. The lowest BCUT2D eigenvalue weighted by molar-refractivity contribution is -0.152. The van der Waals surface area contributed by atoms with Gasteiger partial charge in [0, 0.05) is 6.54 Å². The molecule has 0 bridgehead atoms. The Morgan fingerprint density at radius 1 is 1.11 bits per heavy atom. The van der Waals surface area contributed by atoms with Gasteiger partial charge in [-0.05, 0) is 20.8 Å². The van der Waals surface area contributed by atoms with Gasteiger partial charge >= 0.3 is 5.97 Å². The van der Waals surface area contributed by atoms with Crippen LogP contribution in [-0.4, -0.2) is 59.8 Å². The van der Waals surface area contributed by atoms with Crippen LogP contribution in [0.4, 0.5) is 0 Å². The predicted molar refractivity (Wildman–Crippen MR) is 67.6 cm³/mol. The highest BCUT2D eigenvalue weighted by Gasteiger charge is 2.22. The molecule has 110 valence electrons. The fourth-order valence-corrected chi connectivity index (χ4v) is 0.518. The Kier molecular flexibility index (Phi) is 10.1. The zero-order valence-electron chi connectivity index (χ0n) is 11.3. The highest BCUT2D eigenvalue weighted by atomic mass is 16.5. The van der Waals surface area contributed by atoms with Gasteiger partial charge in [0.2, 0.25) is 0 Å². The number of hydrogen-bond acceptors (Lipinski definition) is 7. The van der Waals surface area contributed by atoms with E-state index in [1.54, 1.807) is 0 Å². The van der Waals surface area contributed by atoms with Crippen LogP contribution < -0.4 is 11.5 Å². The average molecular weight is 266 g/mol. The maximum atomic E-state index is 10.9. The average Bonchev–Trinajstić information content (AvgIpc) is 2.34. The lowest BCUT2D eigenvalue weighted by Gasteiger charge is -2.20. The van der Waals surface area contributed by atoms with Crippen molar-refractivity contribution in [2.45, 2.75) is 26.3 Å². The Hall–Kier alpha value is -0.730. The molecule has 0 saturated heterocycles. The first-order valence-electron chi connectivity index (χ1n) is 5.65. The summed E-state index contributed by atoms with van der Waals surface area (Å²) in [5, 5.41) is 25.0. The topological polar surface area (TPSA) is 139 Å². The summed E-state index contributed by atoms with van der Waals surface area (Å²) >= 11 is 0. The fraction of sp³-hybridized carbons (Fsp3) is 0.909. The molecule has 0 aliphatic carbocycles. The summed E-state index contributed by atoms with van der Waals surface area (Å²) in [6.07, 6.45) is 0. The van der Waals surface area contributed by atoms with E-state index in [-0.39, 0.29) is 5.97 Å². The molecule has 0 heterocycles. The summed E-state index contributed by atoms with van der Waals surface area (Å²) in [5.74, 6) is -0.196. The molecule has 0 aromatic carbocycles. The SMILES string of the molecule is CC(C)(C)C(=O)OCCN.NC(CO)(CO)CO. The molecule has 7 nitrogen and oxygen atoms in total. The van der Waals surface area contributed by atoms with Crippen LogP contribution in [0.3, 0.4) is 0 Å². The number of carbonyl (C=O) groups is 1. The molecule has 0 atom stereocenters. The summed E-state index contributed by atoms with van der Waals surface area (Å²) in [6.45, 7) is 4.93. The van der Waals surface area contributed by atoms with Gasteiger partial charge in [0.25, 0.3) is 0 Å². The van der Waals surface area contributed by atoms with Crippen LogP contribution in [0.15, 0.2) is 0 Å². The van der Waals surface area contributed by atoms with Crippen molar-refractivity contribution in [3.8, 4) is 0 Å². The summed E-state index contributed by atoms with van der Waals surface area (Å²) < 4.78 is 4.79. The van der Waals surface area contributed by atoms with E-state index in [4.69, 9.17) is 31.5 Å². The predicted octanol–water partition coefficient (Wildman–Crippen LogP) is -1.80. The summed E-state index contributed by atoms with van der Waals surface area (Å²) in [4.78, 5) is 10.9. The number of rotatable bonds is 5. The zero-order chi connectivity index (χ0) is 14.8. The second-order valence-corrected chi connectivity index (χ2v) is 5.01. The van der Waals surface area contributed by atoms with Gasteiger partial charge in [-0.15, -0.1) is 0 Å². The first-order chi connectivity index (χ1) is 8.16. The molecule has 0 aromatic heterocycles. The van der Waals surface area contributed by atoms with Crippen molar-refractivity contribution >= 4 is 5.97 Å². The first-order valence-corrected chi connectivity index (χ1v) is 5.65. The third kappa shape index (κ3) is 9.32. The van der Waals surface area contributed by atoms with Gasteiger partial charge in [-0.25, -0.2) is 0 Å². The second kappa shape index (κ2) is 9.23. The first kappa shape index (κ1) is 19.6. The van der Waals surface area contributed by atoms with Crippen molar-refractivity contribution in [3.05, 3.63) is 0 Å². The van der Waals surface area contributed by atoms with E-state index in [9.17, 15) is 4.79 Å². The van der Waals surface area contributed by atoms with Crippen LogP contribution >= 0.6 is 0 Å². The van der Waals surface area contributed by atoms with Crippen molar-refractivity contribution in [3.63, 3.8) is 0 Å². The van der Waals surface area contributed by atoms with E-state index in [0.717, 1.165) is 0 Å². The Labute approximate surface area is 108 Å². The number of esters is 1. The number of carbonyl (C=O) groups excluding carboxylic acids is 1. The Morgan fingerprint density at radius 3 is 1.67 bits per heavy atom. The van der Waals surface area contributed by atoms with E-state index in [2.05, 4.69) is 0 Å². The van der Waals surface area contributed by atoms with Crippen molar-refractivity contribution in [1.82, 2.24) is 0 Å². The Balaban J connectivity index is 0. The minimum Gasteiger partial charge on any atom is -0.464 e. The molecule has 7 N–H and O–H groups in total. The molecule has 0 spiro atoms. The minimum absolute atomic E-state index is 0.196. The lowest BCUT2D eigenvalue weighted by Crippen LogP contribution is -2.50. The molecule has 0 aliphatic heterocycles. The van der Waals surface area contributed by atoms with Gasteiger partial charge in [-0.3, -0.25) is 4.79 Å². The molecule has 18 heavy (non-hydrogen) atoms. The molecule has 0 unspecified atom stereocenters. The standard InChI is InChI=1S/C7H15NO2.C4H11NO3/c1-7(2,3)6(9)10-5-4-8;5-4(1-6,2-7)3-8/h4-5,8H2,1-3H3;6-8H,1-3,5H2. The molecule has 0 rings (SSSR count). The number of aliphatic hydroxyl groups excluding tert-OH is 3. The monoisotopic (exact) mass is 266 g/mol. The van der Waals surface area contributed by atoms with Crippen LogP contribution in [0.25, 0.3) is 0 Å².